The summed E-state index contributed by atoms with van der Waals surface area (Å²) in [5, 5.41) is 13.6. The molecule has 2 atom stereocenters. The molecule has 2 heterocycles. The highest BCUT2D eigenvalue weighted by Crippen LogP contribution is 2.49. The molecule has 0 saturated heterocycles. The summed E-state index contributed by atoms with van der Waals surface area (Å²) in [5.41, 5.74) is 8.10. The van der Waals surface area contributed by atoms with Crippen LogP contribution in [0.2, 0.25) is 0 Å². The van der Waals surface area contributed by atoms with Gasteiger partial charge in [-0.15, -0.1) is 0 Å². The third-order valence-corrected chi connectivity index (χ3v) is 8.64. The zero-order chi connectivity index (χ0) is 27.0. The van der Waals surface area contributed by atoms with Gasteiger partial charge in [0, 0.05) is 5.25 Å². The molecule has 3 rings (SSSR count). The van der Waals surface area contributed by atoms with Crippen LogP contribution in [-0.2, 0) is 18.1 Å². The predicted octanol–water partition coefficient (Wildman–Crippen LogP) is 6.42. The summed E-state index contributed by atoms with van der Waals surface area (Å²) in [6.07, 6.45) is 0.720. The molecule has 37 heavy (non-hydrogen) atoms. The van der Waals surface area contributed by atoms with E-state index in [4.69, 9.17) is 24.3 Å². The third-order valence-electron chi connectivity index (χ3n) is 5.12. The highest BCUT2D eigenvalue weighted by Gasteiger charge is 2.28. The Hall–Kier alpha value is -2.26. The summed E-state index contributed by atoms with van der Waals surface area (Å²) in [6.45, 7) is 10.2. The number of hydrogen-bond acceptors (Lipinski definition) is 12. The van der Waals surface area contributed by atoms with Crippen LogP contribution in [-0.4, -0.2) is 40.8 Å². The lowest BCUT2D eigenvalue weighted by Gasteiger charge is -2.24. The minimum absolute atomic E-state index is 0.00681. The van der Waals surface area contributed by atoms with Crippen LogP contribution in [0.1, 0.15) is 57.4 Å². The number of nitrogens with one attached hydrogen (secondary N) is 1. The van der Waals surface area contributed by atoms with Gasteiger partial charge >= 0.3 is 7.82 Å². The van der Waals surface area contributed by atoms with E-state index in [1.807, 2.05) is 25.1 Å². The topological polar surface area (TPSA) is 145 Å². The average Bonchev–Trinajstić information content (AvgIpc) is 3.23. The number of fused-ring (bicyclic) bond motifs is 1. The van der Waals surface area contributed by atoms with E-state index in [-0.39, 0.29) is 31.1 Å². The number of benzene rings is 1. The number of nitrogen functional groups attached to an aromatic ring is 1. The van der Waals surface area contributed by atoms with Gasteiger partial charge in [-0.1, -0.05) is 49.1 Å². The molecule has 0 spiro atoms. The average molecular weight is 565 g/mol. The van der Waals surface area contributed by atoms with Crippen LogP contribution >= 0.6 is 30.9 Å². The zero-order valence-corrected chi connectivity index (χ0v) is 24.2. The monoisotopic (exact) mass is 564 g/mol. The fourth-order valence-corrected chi connectivity index (χ4v) is 6.42. The number of thioether (sulfide) groups is 1. The van der Waals surface area contributed by atoms with Crippen LogP contribution < -0.4 is 11.1 Å². The fraction of sp³-hybridized carbons (Fsp3) is 0.500. The van der Waals surface area contributed by atoms with Crippen LogP contribution in [0.15, 0.2) is 29.4 Å². The van der Waals surface area contributed by atoms with E-state index in [1.54, 1.807) is 19.9 Å². The number of phosphoric acid groups is 1. The molecule has 0 aliphatic carbocycles. The second-order valence-corrected chi connectivity index (χ2v) is 12.6. The summed E-state index contributed by atoms with van der Waals surface area (Å²) in [4.78, 5) is 13.8. The first-order valence-corrected chi connectivity index (χ1v) is 15.2. The van der Waals surface area contributed by atoms with Gasteiger partial charge in [-0.2, -0.15) is 5.26 Å². The van der Waals surface area contributed by atoms with E-state index >= 15 is 0 Å². The number of rotatable bonds is 14. The van der Waals surface area contributed by atoms with E-state index in [2.05, 4.69) is 35.2 Å². The van der Waals surface area contributed by atoms with Crippen LogP contribution in [0.5, 0.6) is 0 Å². The molecule has 0 bridgehead atoms. The maximum absolute atomic E-state index is 12.9. The third kappa shape index (κ3) is 8.37. The van der Waals surface area contributed by atoms with Gasteiger partial charge in [-0.25, -0.2) is 19.5 Å². The van der Waals surface area contributed by atoms with Crippen molar-refractivity contribution in [3.63, 3.8) is 0 Å². The molecule has 2 unspecified atom stereocenters. The van der Waals surface area contributed by atoms with Crippen LogP contribution in [0.25, 0.3) is 10.3 Å². The number of hydrogen-bond donors (Lipinski definition) is 2. The number of phosphoric ester groups is 1. The van der Waals surface area contributed by atoms with Gasteiger partial charge < -0.3 is 11.1 Å². The van der Waals surface area contributed by atoms with E-state index in [0.717, 1.165) is 16.7 Å². The number of anilines is 2. The molecule has 0 saturated carbocycles. The Kier molecular flexibility index (Phi) is 10.7. The largest absolute Gasteiger partial charge is 0.474 e. The molecule has 10 nitrogen and oxygen atoms in total. The van der Waals surface area contributed by atoms with Gasteiger partial charge in [0.25, 0.3) is 0 Å². The lowest BCUT2D eigenvalue weighted by atomic mass is 10.0. The summed E-state index contributed by atoms with van der Waals surface area (Å²) in [5.74, 6) is 0.904. The molecule has 0 aliphatic heterocycles. The van der Waals surface area contributed by atoms with E-state index < -0.39 is 7.82 Å². The van der Waals surface area contributed by atoms with Crippen LogP contribution in [0.4, 0.5) is 10.9 Å². The Morgan fingerprint density at radius 1 is 1.16 bits per heavy atom. The highest BCUT2D eigenvalue weighted by atomic mass is 32.2. The van der Waals surface area contributed by atoms with Gasteiger partial charge in [-0.05, 0) is 50.8 Å². The van der Waals surface area contributed by atoms with Crippen LogP contribution in [0, 0.1) is 17.2 Å². The molecule has 13 heteroatoms. The van der Waals surface area contributed by atoms with Gasteiger partial charge in [0.1, 0.15) is 4.70 Å². The van der Waals surface area contributed by atoms with Gasteiger partial charge in [0.2, 0.25) is 0 Å². The van der Waals surface area contributed by atoms with Crippen molar-refractivity contribution in [1.82, 2.24) is 15.0 Å². The van der Waals surface area contributed by atoms with E-state index in [9.17, 15) is 9.83 Å². The van der Waals surface area contributed by atoms with Crippen molar-refractivity contribution in [3.05, 3.63) is 35.4 Å². The number of nitriles is 1. The van der Waals surface area contributed by atoms with Gasteiger partial charge in [0.15, 0.2) is 21.8 Å². The van der Waals surface area contributed by atoms with Crippen molar-refractivity contribution in [2.24, 2.45) is 5.92 Å². The SMILES string of the molecule is CCOP(=O)(OCC)OCC(CC(C)C)Nc1nc(SC(C)c2cccc(C#N)c2)nc2nc(N)sc12. The van der Waals surface area contributed by atoms with E-state index in [1.165, 1.54) is 23.1 Å². The van der Waals surface area contributed by atoms with Gasteiger partial charge in [-0.3, -0.25) is 13.6 Å². The number of nitrogens with two attached hydrogens (primary N) is 1. The fourth-order valence-electron chi connectivity index (χ4n) is 3.60. The Morgan fingerprint density at radius 2 is 1.89 bits per heavy atom. The Labute approximate surface area is 226 Å². The molecule has 200 valence electrons. The normalized spacial score (nSPS) is 13.5. The lowest BCUT2D eigenvalue weighted by molar-refractivity contribution is 0.116. The maximum Gasteiger partial charge on any atom is 0.474 e. The van der Waals surface area contributed by atoms with Gasteiger partial charge in [0.05, 0.1) is 37.5 Å². The molecule has 3 aromatic rings. The maximum atomic E-state index is 12.9. The summed E-state index contributed by atoms with van der Waals surface area (Å²) in [7, 11) is -3.66. The lowest BCUT2D eigenvalue weighted by Crippen LogP contribution is -2.28. The van der Waals surface area contributed by atoms with Crippen molar-refractivity contribution in [1.29, 1.82) is 5.26 Å². The Bertz CT molecular complexity index is 1270. The van der Waals surface area contributed by atoms with Crippen molar-refractivity contribution < 1.29 is 18.1 Å². The predicted molar refractivity (Wildman–Crippen MR) is 149 cm³/mol. The minimum Gasteiger partial charge on any atom is -0.375 e. The molecule has 0 amide bonds. The highest BCUT2D eigenvalue weighted by molar-refractivity contribution is 7.99. The zero-order valence-electron chi connectivity index (χ0n) is 21.6. The number of aromatic nitrogens is 3. The van der Waals surface area contributed by atoms with Crippen molar-refractivity contribution in [3.8, 4) is 6.07 Å². The second-order valence-electron chi connectivity index (χ2n) is 8.61. The molecule has 2 aromatic heterocycles. The quantitative estimate of drug-likeness (QED) is 0.127. The molecule has 0 aliphatic rings. The van der Waals surface area contributed by atoms with Crippen molar-refractivity contribution in [2.45, 2.75) is 57.5 Å². The first-order valence-electron chi connectivity index (χ1n) is 12.1. The number of thiazole rings is 1. The number of nitrogens with zero attached hydrogens (tertiary/aromatic N) is 4. The first kappa shape index (κ1) is 29.3. The second kappa shape index (κ2) is 13.5. The Balaban J connectivity index is 1.88. The smallest absolute Gasteiger partial charge is 0.375 e. The molecular weight excluding hydrogens is 531 g/mol. The van der Waals surface area contributed by atoms with Crippen molar-refractivity contribution >= 4 is 52.2 Å². The minimum atomic E-state index is -3.66. The molecule has 1 aromatic carbocycles. The molecule has 3 N–H and O–H groups in total. The summed E-state index contributed by atoms with van der Waals surface area (Å²) >= 11 is 2.76. The summed E-state index contributed by atoms with van der Waals surface area (Å²) in [6, 6.07) is 9.41. The molecule has 0 fully saturated rings. The molecule has 0 radical (unpaired) electrons. The molecular formula is C24H33N6O4PS2. The first-order chi connectivity index (χ1) is 17.7. The van der Waals surface area contributed by atoms with Crippen molar-refractivity contribution in [2.75, 3.05) is 30.9 Å². The Morgan fingerprint density at radius 3 is 2.54 bits per heavy atom. The van der Waals surface area contributed by atoms with Crippen LogP contribution in [0.3, 0.4) is 0 Å². The van der Waals surface area contributed by atoms with E-state index in [0.29, 0.717) is 33.2 Å². The standard InChI is InChI=1S/C24H33N6O4PS2/c1-6-32-35(31,33-7-2)34-14-19(11-15(3)4)27-21-20-22(28-23(26)37-20)30-24(29-21)36-16(5)18-10-8-9-17(12-18)13-25/h8-10,12,15-16,19H,6-7,11,14H2,1-5H3,(H3,26,27,28,29,30). The summed E-state index contributed by atoms with van der Waals surface area (Å²) < 4.78 is 29.8.